The van der Waals surface area contributed by atoms with Crippen molar-refractivity contribution in [3.8, 4) is 0 Å². The van der Waals surface area contributed by atoms with Crippen LogP contribution in [0.1, 0.15) is 46.6 Å². The van der Waals surface area contributed by atoms with Gasteiger partial charge in [0, 0.05) is 23.5 Å². The lowest BCUT2D eigenvalue weighted by molar-refractivity contribution is -0.143. The number of nitrogens with two attached hydrogens (primary N) is 1. The summed E-state index contributed by atoms with van der Waals surface area (Å²) < 4.78 is 0. The Morgan fingerprint density at radius 2 is 1.63 bits per heavy atom. The van der Waals surface area contributed by atoms with Gasteiger partial charge in [0.15, 0.2) is 0 Å². The van der Waals surface area contributed by atoms with E-state index in [2.05, 4.69) is 20.9 Å². The fourth-order valence-corrected chi connectivity index (χ4v) is 3.64. The highest BCUT2D eigenvalue weighted by atomic mass is 16.4. The van der Waals surface area contributed by atoms with E-state index in [4.69, 9.17) is 5.73 Å². The molecule has 0 bridgehead atoms. The van der Waals surface area contributed by atoms with Gasteiger partial charge in [-0.1, -0.05) is 52.3 Å². The van der Waals surface area contributed by atoms with Crippen LogP contribution in [-0.4, -0.2) is 57.9 Å². The number of benzene rings is 1. The van der Waals surface area contributed by atoms with E-state index in [0.29, 0.717) is 6.42 Å². The molecule has 0 saturated heterocycles. The third-order valence-corrected chi connectivity index (χ3v) is 6.28. The Kier molecular flexibility index (Phi) is 9.82. The van der Waals surface area contributed by atoms with Crippen molar-refractivity contribution in [1.82, 2.24) is 20.9 Å². The van der Waals surface area contributed by atoms with Crippen molar-refractivity contribution in [2.45, 2.75) is 71.6 Å². The van der Waals surface area contributed by atoms with Gasteiger partial charge in [0.05, 0.1) is 6.04 Å². The van der Waals surface area contributed by atoms with Crippen molar-refractivity contribution in [3.63, 3.8) is 0 Å². The van der Waals surface area contributed by atoms with Gasteiger partial charge in [-0.2, -0.15) is 0 Å². The largest absolute Gasteiger partial charge is 0.480 e. The van der Waals surface area contributed by atoms with Crippen molar-refractivity contribution < 1.29 is 24.3 Å². The van der Waals surface area contributed by atoms with Crippen LogP contribution in [0.5, 0.6) is 0 Å². The number of H-pyrrole nitrogens is 1. The van der Waals surface area contributed by atoms with Gasteiger partial charge in [0.2, 0.25) is 17.7 Å². The standard InChI is InChI=1S/C25H37N5O5/c1-6-14(4)21(25(34)35)30-22(31)15(5)28-23(32)19(29-24(33)20(26)13(2)3)11-16-12-27-18-10-8-7-9-17(16)18/h7-10,12-15,19-21,27H,6,11,26H2,1-5H3,(H,28,32)(H,29,33)(H,30,31)(H,34,35). The molecule has 5 atom stereocenters. The monoisotopic (exact) mass is 487 g/mol. The van der Waals surface area contributed by atoms with Gasteiger partial charge in [-0.3, -0.25) is 14.4 Å². The quantitative estimate of drug-likeness (QED) is 0.264. The minimum Gasteiger partial charge on any atom is -0.480 e. The second-order valence-electron chi connectivity index (χ2n) is 9.33. The van der Waals surface area contributed by atoms with Crippen LogP contribution in [0.15, 0.2) is 30.5 Å². The number of rotatable bonds is 12. The average molecular weight is 488 g/mol. The van der Waals surface area contributed by atoms with Crippen LogP contribution in [0.4, 0.5) is 0 Å². The number of fused-ring (bicyclic) bond motifs is 1. The molecule has 5 unspecified atom stereocenters. The lowest BCUT2D eigenvalue weighted by Gasteiger charge is -2.25. The topological polar surface area (TPSA) is 166 Å². The summed E-state index contributed by atoms with van der Waals surface area (Å²) in [7, 11) is 0. The number of aliphatic carboxylic acids is 1. The maximum atomic E-state index is 13.2. The third kappa shape index (κ3) is 7.29. The van der Waals surface area contributed by atoms with E-state index < -0.39 is 47.9 Å². The predicted octanol–water partition coefficient (Wildman–Crippen LogP) is 1.30. The Balaban J connectivity index is 2.19. The Labute approximate surface area is 205 Å². The summed E-state index contributed by atoms with van der Waals surface area (Å²) in [6.45, 7) is 8.64. The number of amides is 3. The second-order valence-corrected chi connectivity index (χ2v) is 9.33. The molecule has 0 saturated carbocycles. The first kappa shape index (κ1) is 27.8. The van der Waals surface area contributed by atoms with Crippen molar-refractivity contribution in [3.05, 3.63) is 36.0 Å². The van der Waals surface area contributed by atoms with Gasteiger partial charge >= 0.3 is 5.97 Å². The zero-order valence-electron chi connectivity index (χ0n) is 20.9. The smallest absolute Gasteiger partial charge is 0.326 e. The molecule has 7 N–H and O–H groups in total. The van der Waals surface area contributed by atoms with E-state index in [1.165, 1.54) is 6.92 Å². The van der Waals surface area contributed by atoms with Crippen LogP contribution in [0.25, 0.3) is 10.9 Å². The van der Waals surface area contributed by atoms with Crippen molar-refractivity contribution in [2.24, 2.45) is 17.6 Å². The van der Waals surface area contributed by atoms with Crippen molar-refractivity contribution in [1.29, 1.82) is 0 Å². The highest BCUT2D eigenvalue weighted by molar-refractivity contribution is 5.94. The molecule has 1 heterocycles. The molecule has 10 nitrogen and oxygen atoms in total. The summed E-state index contributed by atoms with van der Waals surface area (Å²) in [6.07, 6.45) is 2.51. The first-order valence-electron chi connectivity index (χ1n) is 11.9. The summed E-state index contributed by atoms with van der Waals surface area (Å²) in [4.78, 5) is 53.2. The van der Waals surface area contributed by atoms with Crippen LogP contribution in [-0.2, 0) is 25.6 Å². The fraction of sp³-hybridized carbons (Fsp3) is 0.520. The molecule has 0 aliphatic heterocycles. The number of para-hydroxylation sites is 1. The number of aromatic nitrogens is 1. The SMILES string of the molecule is CCC(C)C(NC(=O)C(C)NC(=O)C(Cc1c[nH]c2ccccc12)NC(=O)C(N)C(C)C)C(=O)O. The Bertz CT molecular complexity index is 1050. The molecule has 2 aromatic rings. The lowest BCUT2D eigenvalue weighted by atomic mass is 9.99. The number of carbonyl (C=O) groups excluding carboxylic acids is 3. The second kappa shape index (κ2) is 12.3. The normalized spacial score (nSPS) is 15.6. The highest BCUT2D eigenvalue weighted by Crippen LogP contribution is 2.19. The average Bonchev–Trinajstić information content (AvgIpc) is 3.23. The summed E-state index contributed by atoms with van der Waals surface area (Å²) in [5.74, 6) is -3.23. The van der Waals surface area contributed by atoms with Crippen molar-refractivity contribution in [2.75, 3.05) is 0 Å². The first-order chi connectivity index (χ1) is 16.5. The van der Waals surface area contributed by atoms with Crippen LogP contribution in [0, 0.1) is 11.8 Å². The minimum atomic E-state index is -1.14. The molecule has 0 aliphatic rings. The summed E-state index contributed by atoms with van der Waals surface area (Å²) in [5.41, 5.74) is 7.69. The van der Waals surface area contributed by atoms with Gasteiger partial charge < -0.3 is 31.8 Å². The Hall–Kier alpha value is -3.40. The van der Waals surface area contributed by atoms with E-state index in [9.17, 15) is 24.3 Å². The van der Waals surface area contributed by atoms with Gasteiger partial charge in [0.25, 0.3) is 0 Å². The van der Waals surface area contributed by atoms with Crippen LogP contribution in [0.3, 0.4) is 0 Å². The number of nitrogens with one attached hydrogen (secondary N) is 4. The molecular formula is C25H37N5O5. The first-order valence-corrected chi connectivity index (χ1v) is 11.9. The van der Waals surface area contributed by atoms with Crippen LogP contribution >= 0.6 is 0 Å². The summed E-state index contributed by atoms with van der Waals surface area (Å²) in [6, 6.07) is 3.70. The molecule has 0 radical (unpaired) electrons. The number of carbonyl (C=O) groups is 4. The molecule has 1 aromatic carbocycles. The molecule has 35 heavy (non-hydrogen) atoms. The van der Waals surface area contributed by atoms with E-state index in [1.54, 1.807) is 13.1 Å². The zero-order chi connectivity index (χ0) is 26.3. The molecule has 2 rings (SSSR count). The maximum Gasteiger partial charge on any atom is 0.326 e. The van der Waals surface area contributed by atoms with E-state index in [1.807, 2.05) is 45.0 Å². The molecule has 0 aliphatic carbocycles. The fourth-order valence-electron chi connectivity index (χ4n) is 3.64. The molecule has 3 amide bonds. The molecule has 0 fully saturated rings. The number of hydrogen-bond acceptors (Lipinski definition) is 5. The van der Waals surface area contributed by atoms with E-state index >= 15 is 0 Å². The highest BCUT2D eigenvalue weighted by Gasteiger charge is 2.31. The number of hydrogen-bond donors (Lipinski definition) is 6. The Morgan fingerprint density at radius 3 is 2.23 bits per heavy atom. The molecule has 0 spiro atoms. The lowest BCUT2D eigenvalue weighted by Crippen LogP contribution is -2.57. The van der Waals surface area contributed by atoms with E-state index in [-0.39, 0.29) is 18.3 Å². The number of carboxylic acids is 1. The number of carboxylic acid groups (broad SMARTS) is 1. The molecule has 192 valence electrons. The van der Waals surface area contributed by atoms with Crippen LogP contribution < -0.4 is 21.7 Å². The molecular weight excluding hydrogens is 450 g/mol. The van der Waals surface area contributed by atoms with Crippen LogP contribution in [0.2, 0.25) is 0 Å². The van der Waals surface area contributed by atoms with Gasteiger partial charge in [-0.05, 0) is 30.4 Å². The number of aromatic amines is 1. The van der Waals surface area contributed by atoms with E-state index in [0.717, 1.165) is 16.5 Å². The van der Waals surface area contributed by atoms with Gasteiger partial charge in [-0.15, -0.1) is 0 Å². The summed E-state index contributed by atoms with van der Waals surface area (Å²) >= 11 is 0. The van der Waals surface area contributed by atoms with Gasteiger partial charge in [-0.25, -0.2) is 4.79 Å². The minimum absolute atomic E-state index is 0.134. The van der Waals surface area contributed by atoms with Gasteiger partial charge in [0.1, 0.15) is 18.1 Å². The van der Waals surface area contributed by atoms with Crippen molar-refractivity contribution >= 4 is 34.6 Å². The maximum absolute atomic E-state index is 13.2. The molecule has 1 aromatic heterocycles. The Morgan fingerprint density at radius 1 is 0.971 bits per heavy atom. The summed E-state index contributed by atoms with van der Waals surface area (Å²) in [5, 5.41) is 18.2. The molecule has 10 heteroatoms. The third-order valence-electron chi connectivity index (χ3n) is 6.28. The predicted molar refractivity (Wildman–Crippen MR) is 133 cm³/mol. The zero-order valence-corrected chi connectivity index (χ0v) is 20.9.